The number of pyridine rings is 1. The minimum Gasteiger partial charge on any atom is -0.355 e. The Balaban J connectivity index is 1.24. The Morgan fingerprint density at radius 3 is 2.62 bits per heavy atom. The fourth-order valence-corrected chi connectivity index (χ4v) is 5.97. The van der Waals surface area contributed by atoms with Crippen LogP contribution >= 0.6 is 11.6 Å². The minimum absolute atomic E-state index is 0.0868. The number of aromatic nitrogens is 4. The summed E-state index contributed by atoms with van der Waals surface area (Å²) in [6, 6.07) is 11.5. The Labute approximate surface area is 200 Å². The van der Waals surface area contributed by atoms with E-state index in [1.807, 2.05) is 35.8 Å². The first-order valence-corrected chi connectivity index (χ1v) is 11.8. The number of hydrogen-bond donors (Lipinski definition) is 0. The molecule has 1 saturated carbocycles. The summed E-state index contributed by atoms with van der Waals surface area (Å²) in [6.07, 6.45) is -2.31. The van der Waals surface area contributed by atoms with Crippen molar-refractivity contribution in [3.05, 3.63) is 64.3 Å². The number of hydrogen-bond acceptors (Lipinski definition) is 5. The van der Waals surface area contributed by atoms with Crippen molar-refractivity contribution in [2.45, 2.75) is 44.9 Å². The van der Waals surface area contributed by atoms with Gasteiger partial charge in [-0.15, -0.1) is 10.2 Å². The van der Waals surface area contributed by atoms with Crippen molar-refractivity contribution in [2.75, 3.05) is 24.5 Å². The van der Waals surface area contributed by atoms with E-state index in [0.29, 0.717) is 10.8 Å². The van der Waals surface area contributed by atoms with Crippen LogP contribution in [-0.4, -0.2) is 50.5 Å². The third-order valence-electron chi connectivity index (χ3n) is 7.17. The number of rotatable bonds is 3. The van der Waals surface area contributed by atoms with Gasteiger partial charge in [-0.3, -0.25) is 9.47 Å². The van der Waals surface area contributed by atoms with Crippen LogP contribution in [0.2, 0.25) is 5.02 Å². The van der Waals surface area contributed by atoms with Gasteiger partial charge in [-0.1, -0.05) is 17.7 Å². The van der Waals surface area contributed by atoms with Crippen LogP contribution in [0.3, 0.4) is 0 Å². The van der Waals surface area contributed by atoms with E-state index < -0.39 is 12.7 Å². The lowest BCUT2D eigenvalue weighted by Gasteiger charge is -2.59. The molecule has 34 heavy (non-hydrogen) atoms. The van der Waals surface area contributed by atoms with E-state index >= 15 is 0 Å². The molecule has 6 nitrogen and oxygen atoms in total. The van der Waals surface area contributed by atoms with E-state index in [1.165, 1.54) is 4.90 Å². The third kappa shape index (κ3) is 3.84. The lowest BCUT2D eigenvalue weighted by atomic mass is 9.57. The number of nitrogens with zero attached hydrogens (tertiary/aromatic N) is 6. The first-order valence-electron chi connectivity index (χ1n) is 11.4. The molecule has 2 aliphatic heterocycles. The van der Waals surface area contributed by atoms with Crippen molar-refractivity contribution in [1.29, 1.82) is 0 Å². The maximum absolute atomic E-state index is 13.2. The van der Waals surface area contributed by atoms with Gasteiger partial charge in [0.15, 0.2) is 5.82 Å². The number of alkyl halides is 3. The fourth-order valence-electron chi connectivity index (χ4n) is 5.78. The first-order chi connectivity index (χ1) is 16.2. The Kier molecular flexibility index (Phi) is 4.94. The Hall–Kier alpha value is -2.65. The van der Waals surface area contributed by atoms with E-state index in [1.54, 1.807) is 12.1 Å². The van der Waals surface area contributed by atoms with Gasteiger partial charge >= 0.3 is 6.18 Å². The second-order valence-corrected chi connectivity index (χ2v) is 10.4. The molecule has 3 aliphatic rings. The molecule has 6 rings (SSSR count). The van der Waals surface area contributed by atoms with Crippen LogP contribution in [0.25, 0.3) is 5.69 Å². The van der Waals surface area contributed by atoms with Gasteiger partial charge in [-0.2, -0.15) is 13.2 Å². The average Bonchev–Trinajstić information content (AvgIpc) is 3.01. The number of anilines is 1. The summed E-state index contributed by atoms with van der Waals surface area (Å²) in [5, 5.41) is 9.31. The second kappa shape index (κ2) is 7.68. The van der Waals surface area contributed by atoms with Crippen LogP contribution < -0.4 is 4.90 Å². The maximum Gasteiger partial charge on any atom is 0.401 e. The van der Waals surface area contributed by atoms with Crippen molar-refractivity contribution < 1.29 is 13.2 Å². The molecule has 3 aromatic rings. The molecule has 4 heterocycles. The van der Waals surface area contributed by atoms with Crippen LogP contribution in [-0.2, 0) is 13.1 Å². The highest BCUT2D eigenvalue weighted by Crippen LogP contribution is 2.56. The highest BCUT2D eigenvalue weighted by molar-refractivity contribution is 6.30. The van der Waals surface area contributed by atoms with E-state index in [4.69, 9.17) is 11.6 Å². The number of aryl methyl sites for hydroxylation is 1. The van der Waals surface area contributed by atoms with Crippen molar-refractivity contribution in [3.63, 3.8) is 0 Å². The molecule has 1 spiro atoms. The largest absolute Gasteiger partial charge is 0.401 e. The van der Waals surface area contributed by atoms with Crippen molar-refractivity contribution in [1.82, 2.24) is 24.6 Å². The van der Waals surface area contributed by atoms with Crippen molar-refractivity contribution >= 4 is 17.4 Å². The highest BCUT2D eigenvalue weighted by Gasteiger charge is 2.54. The van der Waals surface area contributed by atoms with E-state index in [-0.39, 0.29) is 24.4 Å². The summed E-state index contributed by atoms with van der Waals surface area (Å²) in [5.74, 6) is 2.62. The van der Waals surface area contributed by atoms with Gasteiger partial charge in [0.2, 0.25) is 0 Å². The molecule has 0 amide bonds. The molecule has 0 N–H and O–H groups in total. The maximum atomic E-state index is 13.2. The molecule has 0 atom stereocenters. The molecule has 0 unspecified atom stereocenters. The van der Waals surface area contributed by atoms with Gasteiger partial charge < -0.3 is 4.90 Å². The minimum atomic E-state index is -4.29. The second-order valence-electron chi connectivity index (χ2n) is 9.94. The molecule has 2 aromatic heterocycles. The molecule has 1 aromatic carbocycles. The lowest BCUT2D eigenvalue weighted by molar-refractivity contribution is -0.148. The third-order valence-corrected chi connectivity index (χ3v) is 7.41. The molecule has 1 aliphatic carbocycles. The quantitative estimate of drug-likeness (QED) is 0.525. The zero-order valence-electron chi connectivity index (χ0n) is 18.7. The normalized spacial score (nSPS) is 19.9. The zero-order chi connectivity index (χ0) is 23.7. The van der Waals surface area contributed by atoms with Gasteiger partial charge in [-0.05, 0) is 55.7 Å². The standard InChI is InChI=1S/C24H24ClF3N6/c1-15-3-2-4-20(29-15)33-12-23(13-33)8-17(9-23)22-31-30-21-11-32(14-24(26,27)28)10-16-7-18(25)5-6-19(16)34(21)22/h2-7,17H,8-14H2,1H3. The zero-order valence-corrected chi connectivity index (χ0v) is 19.4. The van der Waals surface area contributed by atoms with Crippen LogP contribution in [0.1, 0.15) is 41.7 Å². The SMILES string of the molecule is Cc1cccc(N2CC3(CC(c4nnc5n4-c4ccc(Cl)cc4CN(CC(F)(F)F)C5)C3)C2)n1. The summed E-state index contributed by atoms with van der Waals surface area (Å²) in [7, 11) is 0. The van der Waals surface area contributed by atoms with Crippen LogP contribution in [0.4, 0.5) is 19.0 Å². The van der Waals surface area contributed by atoms with Crippen LogP contribution in [0.5, 0.6) is 0 Å². The first kappa shape index (κ1) is 21.9. The topological polar surface area (TPSA) is 50.1 Å². The predicted octanol–water partition coefficient (Wildman–Crippen LogP) is 4.89. The molecular formula is C24H24ClF3N6. The molecule has 0 radical (unpaired) electrons. The van der Waals surface area contributed by atoms with Gasteiger partial charge in [-0.25, -0.2) is 4.98 Å². The number of halogens is 4. The Bertz CT molecular complexity index is 1240. The molecule has 1 saturated heterocycles. The van der Waals surface area contributed by atoms with E-state index in [0.717, 1.165) is 54.5 Å². The Morgan fingerprint density at radius 2 is 1.88 bits per heavy atom. The summed E-state index contributed by atoms with van der Waals surface area (Å²) in [4.78, 5) is 8.28. The smallest absolute Gasteiger partial charge is 0.355 e. The molecular weight excluding hydrogens is 465 g/mol. The fraction of sp³-hybridized carbons (Fsp3) is 0.458. The number of fused-ring (bicyclic) bond motifs is 3. The average molecular weight is 489 g/mol. The molecule has 178 valence electrons. The van der Waals surface area contributed by atoms with Gasteiger partial charge in [0.05, 0.1) is 18.8 Å². The highest BCUT2D eigenvalue weighted by atomic mass is 35.5. The Morgan fingerprint density at radius 1 is 1.09 bits per heavy atom. The van der Waals surface area contributed by atoms with Gasteiger partial charge in [0.1, 0.15) is 11.6 Å². The summed E-state index contributed by atoms with van der Waals surface area (Å²) in [6.45, 7) is 3.17. The summed E-state index contributed by atoms with van der Waals surface area (Å²) >= 11 is 6.20. The van der Waals surface area contributed by atoms with Gasteiger partial charge in [0, 0.05) is 41.7 Å². The van der Waals surface area contributed by atoms with Crippen LogP contribution in [0, 0.1) is 12.3 Å². The van der Waals surface area contributed by atoms with Crippen molar-refractivity contribution in [3.8, 4) is 5.69 Å². The number of benzene rings is 1. The summed E-state index contributed by atoms with van der Waals surface area (Å²) in [5.41, 5.74) is 2.84. The monoisotopic (exact) mass is 488 g/mol. The van der Waals surface area contributed by atoms with Gasteiger partial charge in [0.25, 0.3) is 0 Å². The molecule has 2 fully saturated rings. The van der Waals surface area contributed by atoms with Crippen LogP contribution in [0.15, 0.2) is 36.4 Å². The van der Waals surface area contributed by atoms with E-state index in [9.17, 15) is 13.2 Å². The molecule has 10 heteroatoms. The predicted molar refractivity (Wildman–Crippen MR) is 122 cm³/mol. The van der Waals surface area contributed by atoms with E-state index in [2.05, 4.69) is 20.1 Å². The lowest BCUT2D eigenvalue weighted by Crippen LogP contribution is -2.62. The summed E-state index contributed by atoms with van der Waals surface area (Å²) < 4.78 is 41.5. The van der Waals surface area contributed by atoms with Crippen molar-refractivity contribution in [2.24, 2.45) is 5.41 Å². The molecule has 0 bridgehead atoms.